The average Bonchev–Trinajstić information content (AvgIpc) is 2.86. The minimum Gasteiger partial charge on any atom is -0.493 e. The van der Waals surface area contributed by atoms with Crippen LogP contribution in [0.1, 0.15) is 24.8 Å². The van der Waals surface area contributed by atoms with Crippen molar-refractivity contribution in [1.82, 2.24) is 4.31 Å². The maximum absolute atomic E-state index is 13.5. The van der Waals surface area contributed by atoms with Gasteiger partial charge in [-0.3, -0.25) is 4.79 Å². The average molecular weight is 499 g/mol. The molecule has 0 spiro atoms. The van der Waals surface area contributed by atoms with Crippen LogP contribution in [0.4, 0.5) is 10.1 Å². The van der Waals surface area contributed by atoms with Gasteiger partial charge in [0.2, 0.25) is 15.9 Å². The summed E-state index contributed by atoms with van der Waals surface area (Å²) in [7, 11) is -2.22. The number of para-hydroxylation sites is 2. The molecular formula is C26H27FN2O5S. The van der Waals surface area contributed by atoms with E-state index in [4.69, 9.17) is 9.47 Å². The molecule has 1 aliphatic heterocycles. The van der Waals surface area contributed by atoms with Gasteiger partial charge in [-0.25, -0.2) is 12.8 Å². The van der Waals surface area contributed by atoms with Gasteiger partial charge < -0.3 is 14.8 Å². The van der Waals surface area contributed by atoms with E-state index in [0.717, 1.165) is 19.3 Å². The zero-order chi connectivity index (χ0) is 24.8. The first kappa shape index (κ1) is 24.7. The molecule has 3 aromatic rings. The fraction of sp³-hybridized carbons (Fsp3) is 0.269. The summed E-state index contributed by atoms with van der Waals surface area (Å²) >= 11 is 0. The van der Waals surface area contributed by atoms with E-state index in [-0.39, 0.29) is 22.8 Å². The fourth-order valence-corrected chi connectivity index (χ4v) is 5.50. The number of anilines is 1. The van der Waals surface area contributed by atoms with E-state index >= 15 is 0 Å². The van der Waals surface area contributed by atoms with Gasteiger partial charge in [-0.05, 0) is 60.9 Å². The van der Waals surface area contributed by atoms with Crippen molar-refractivity contribution < 1.29 is 27.1 Å². The van der Waals surface area contributed by atoms with Crippen LogP contribution in [-0.2, 0) is 21.2 Å². The second kappa shape index (κ2) is 10.9. The van der Waals surface area contributed by atoms with Crippen molar-refractivity contribution in [1.29, 1.82) is 0 Å². The first-order valence-electron chi connectivity index (χ1n) is 11.4. The van der Waals surface area contributed by atoms with Crippen molar-refractivity contribution in [3.05, 3.63) is 78.1 Å². The molecule has 1 heterocycles. The second-order valence-electron chi connectivity index (χ2n) is 8.23. The Balaban J connectivity index is 1.66. The maximum Gasteiger partial charge on any atom is 0.243 e. The molecule has 1 saturated heterocycles. The van der Waals surface area contributed by atoms with Gasteiger partial charge in [0.05, 0.1) is 24.1 Å². The molecule has 1 aliphatic rings. The number of halogens is 1. The zero-order valence-electron chi connectivity index (χ0n) is 19.4. The van der Waals surface area contributed by atoms with E-state index in [1.165, 1.54) is 47.8 Å². The van der Waals surface area contributed by atoms with Crippen LogP contribution < -0.4 is 14.8 Å². The quantitative estimate of drug-likeness (QED) is 0.473. The van der Waals surface area contributed by atoms with Crippen LogP contribution in [-0.4, -0.2) is 38.8 Å². The lowest BCUT2D eigenvalue weighted by Gasteiger charge is -2.26. The van der Waals surface area contributed by atoms with Crippen molar-refractivity contribution in [2.24, 2.45) is 0 Å². The molecular weight excluding hydrogens is 471 g/mol. The number of nitrogens with zero attached hydrogens (tertiary/aromatic N) is 1. The molecule has 0 radical (unpaired) electrons. The van der Waals surface area contributed by atoms with Crippen molar-refractivity contribution in [2.45, 2.75) is 30.6 Å². The number of amides is 1. The predicted octanol–water partition coefficient (Wildman–Crippen LogP) is 4.98. The number of carbonyl (C=O) groups is 1. The lowest BCUT2D eigenvalue weighted by atomic mass is 10.1. The van der Waals surface area contributed by atoms with Gasteiger partial charge in [-0.15, -0.1) is 0 Å². The third kappa shape index (κ3) is 5.98. The Morgan fingerprint density at radius 1 is 0.943 bits per heavy atom. The number of sulfonamides is 1. The van der Waals surface area contributed by atoms with Gasteiger partial charge in [0.15, 0.2) is 17.2 Å². The van der Waals surface area contributed by atoms with Crippen LogP contribution in [0.25, 0.3) is 0 Å². The lowest BCUT2D eigenvalue weighted by molar-refractivity contribution is -0.115. The summed E-state index contributed by atoms with van der Waals surface area (Å²) in [4.78, 5) is 12.9. The van der Waals surface area contributed by atoms with Crippen LogP contribution in [0.2, 0.25) is 0 Å². The van der Waals surface area contributed by atoms with Crippen molar-refractivity contribution in [2.75, 3.05) is 25.5 Å². The Kier molecular flexibility index (Phi) is 7.67. The van der Waals surface area contributed by atoms with Crippen LogP contribution in [0, 0.1) is 5.82 Å². The lowest BCUT2D eigenvalue weighted by Crippen LogP contribution is -2.35. The number of carbonyl (C=O) groups excluding carboxylic acids is 1. The number of methoxy groups -OCH3 is 1. The molecule has 35 heavy (non-hydrogen) atoms. The fourth-order valence-electron chi connectivity index (χ4n) is 3.96. The molecule has 184 valence electrons. The van der Waals surface area contributed by atoms with E-state index in [1.54, 1.807) is 30.3 Å². The summed E-state index contributed by atoms with van der Waals surface area (Å²) in [6.07, 6.45) is 2.53. The number of hydrogen-bond donors (Lipinski definition) is 1. The number of nitrogens with one attached hydrogen (secondary N) is 1. The van der Waals surface area contributed by atoms with E-state index < -0.39 is 21.7 Å². The molecule has 1 N–H and O–H groups in total. The van der Waals surface area contributed by atoms with E-state index in [1.807, 2.05) is 0 Å². The van der Waals surface area contributed by atoms with Crippen molar-refractivity contribution in [3.8, 4) is 17.2 Å². The SMILES string of the molecule is COc1ccccc1Oc1ccc(S(=O)(=O)N2CCCCC2)cc1NC(=O)Cc1cccc(F)c1. The first-order chi connectivity index (χ1) is 16.9. The summed E-state index contributed by atoms with van der Waals surface area (Å²) in [5, 5.41) is 2.74. The van der Waals surface area contributed by atoms with Gasteiger partial charge >= 0.3 is 0 Å². The zero-order valence-corrected chi connectivity index (χ0v) is 20.2. The van der Waals surface area contributed by atoms with Crippen LogP contribution in [0.5, 0.6) is 17.2 Å². The Labute approximate surface area is 204 Å². The molecule has 1 amide bonds. The third-order valence-corrected chi connectivity index (χ3v) is 7.62. The number of ether oxygens (including phenoxy) is 2. The highest BCUT2D eigenvalue weighted by atomic mass is 32.2. The summed E-state index contributed by atoms with van der Waals surface area (Å²) in [5.41, 5.74) is 0.683. The molecule has 0 aliphatic carbocycles. The Morgan fingerprint density at radius 2 is 1.69 bits per heavy atom. The molecule has 7 nitrogen and oxygen atoms in total. The molecule has 0 bridgehead atoms. The monoisotopic (exact) mass is 498 g/mol. The Bertz CT molecular complexity index is 1310. The minimum absolute atomic E-state index is 0.0628. The summed E-state index contributed by atoms with van der Waals surface area (Å²) < 4.78 is 52.8. The van der Waals surface area contributed by atoms with Crippen molar-refractivity contribution >= 4 is 21.6 Å². The van der Waals surface area contributed by atoms with E-state index in [9.17, 15) is 17.6 Å². The highest BCUT2D eigenvalue weighted by Gasteiger charge is 2.27. The van der Waals surface area contributed by atoms with Crippen LogP contribution in [0.15, 0.2) is 71.6 Å². The number of hydrogen-bond acceptors (Lipinski definition) is 5. The minimum atomic E-state index is -3.74. The van der Waals surface area contributed by atoms with Gasteiger partial charge in [0, 0.05) is 13.1 Å². The maximum atomic E-state index is 13.5. The third-order valence-electron chi connectivity index (χ3n) is 5.72. The predicted molar refractivity (Wildman–Crippen MR) is 131 cm³/mol. The van der Waals surface area contributed by atoms with Gasteiger partial charge in [-0.2, -0.15) is 4.31 Å². The Morgan fingerprint density at radius 3 is 2.40 bits per heavy atom. The highest BCUT2D eigenvalue weighted by molar-refractivity contribution is 7.89. The second-order valence-corrected chi connectivity index (χ2v) is 10.2. The highest BCUT2D eigenvalue weighted by Crippen LogP contribution is 2.37. The number of benzene rings is 3. The summed E-state index contributed by atoms with van der Waals surface area (Å²) in [6, 6.07) is 17.1. The molecule has 0 saturated carbocycles. The molecule has 0 aromatic heterocycles. The number of piperidine rings is 1. The molecule has 9 heteroatoms. The topological polar surface area (TPSA) is 84.9 Å². The molecule has 4 rings (SSSR count). The van der Waals surface area contributed by atoms with Gasteiger partial charge in [0.1, 0.15) is 5.82 Å². The van der Waals surface area contributed by atoms with Gasteiger partial charge in [-0.1, -0.05) is 30.7 Å². The largest absolute Gasteiger partial charge is 0.493 e. The van der Waals surface area contributed by atoms with E-state index in [2.05, 4.69) is 5.32 Å². The normalized spacial score (nSPS) is 14.3. The molecule has 3 aromatic carbocycles. The van der Waals surface area contributed by atoms with Gasteiger partial charge in [0.25, 0.3) is 0 Å². The molecule has 0 unspecified atom stereocenters. The standard InChI is InChI=1S/C26H27FN2O5S/c1-33-24-10-3-4-11-25(24)34-23-13-12-21(35(31,32)29-14-5-2-6-15-29)18-22(23)28-26(30)17-19-8-7-9-20(27)16-19/h3-4,7-13,16,18H,2,5-6,14-15,17H2,1H3,(H,28,30). The number of rotatable bonds is 8. The first-order valence-corrected chi connectivity index (χ1v) is 12.8. The smallest absolute Gasteiger partial charge is 0.243 e. The molecule has 1 fully saturated rings. The summed E-state index contributed by atoms with van der Waals surface area (Å²) in [5.74, 6) is 0.259. The van der Waals surface area contributed by atoms with Crippen LogP contribution >= 0.6 is 0 Å². The molecule has 0 atom stereocenters. The summed E-state index contributed by atoms with van der Waals surface area (Å²) in [6.45, 7) is 0.923. The van der Waals surface area contributed by atoms with E-state index in [0.29, 0.717) is 30.2 Å². The van der Waals surface area contributed by atoms with Crippen LogP contribution in [0.3, 0.4) is 0 Å². The Hall–Kier alpha value is -3.43. The van der Waals surface area contributed by atoms with Crippen molar-refractivity contribution in [3.63, 3.8) is 0 Å².